The fourth-order valence-electron chi connectivity index (χ4n) is 2.43. The van der Waals surface area contributed by atoms with Crippen molar-refractivity contribution in [1.29, 1.82) is 0 Å². The second-order valence-electron chi connectivity index (χ2n) is 5.33. The number of amides is 1. The van der Waals surface area contributed by atoms with Crippen molar-refractivity contribution in [1.82, 2.24) is 4.98 Å². The van der Waals surface area contributed by atoms with E-state index in [1.165, 1.54) is 0 Å². The van der Waals surface area contributed by atoms with E-state index in [-0.39, 0.29) is 5.91 Å². The highest BCUT2D eigenvalue weighted by atomic mass is 79.9. The van der Waals surface area contributed by atoms with Gasteiger partial charge in [0.05, 0.1) is 5.56 Å². The summed E-state index contributed by atoms with van der Waals surface area (Å²) in [5, 5.41) is 0. The van der Waals surface area contributed by atoms with Crippen molar-refractivity contribution in [3.05, 3.63) is 83.0 Å². The Bertz CT molecular complexity index is 851. The van der Waals surface area contributed by atoms with Crippen LogP contribution < -0.4 is 9.64 Å². The molecule has 1 amide bonds. The first-order chi connectivity index (χ1) is 12.2. The molecular formula is C20H17BrN2O2. The number of aromatic nitrogens is 1. The number of halogens is 1. The highest BCUT2D eigenvalue weighted by Gasteiger charge is 2.16. The summed E-state index contributed by atoms with van der Waals surface area (Å²) in [6.45, 7) is 2.53. The number of para-hydroxylation sites is 1. The molecule has 3 rings (SSSR count). The van der Waals surface area contributed by atoms with Gasteiger partial charge in [-0.05, 0) is 43.3 Å². The molecule has 0 radical (unpaired) electrons. The summed E-state index contributed by atoms with van der Waals surface area (Å²) in [6, 6.07) is 20.5. The zero-order chi connectivity index (χ0) is 17.6. The first kappa shape index (κ1) is 17.2. The van der Waals surface area contributed by atoms with Crippen LogP contribution in [0.2, 0.25) is 0 Å². The number of nitrogens with zero attached hydrogens (tertiary/aromatic N) is 2. The van der Waals surface area contributed by atoms with Crippen LogP contribution in [0.3, 0.4) is 0 Å². The molecule has 5 heteroatoms. The minimum Gasteiger partial charge on any atom is -0.439 e. The third-order valence-electron chi connectivity index (χ3n) is 3.63. The monoisotopic (exact) mass is 396 g/mol. The van der Waals surface area contributed by atoms with Gasteiger partial charge in [-0.3, -0.25) is 4.79 Å². The molecule has 25 heavy (non-hydrogen) atoms. The van der Waals surface area contributed by atoms with Gasteiger partial charge >= 0.3 is 0 Å². The molecule has 3 aromatic rings. The lowest BCUT2D eigenvalue weighted by atomic mass is 10.2. The van der Waals surface area contributed by atoms with E-state index >= 15 is 0 Å². The van der Waals surface area contributed by atoms with Crippen molar-refractivity contribution in [2.75, 3.05) is 11.4 Å². The molecular weight excluding hydrogens is 380 g/mol. The van der Waals surface area contributed by atoms with Crippen LogP contribution in [0.1, 0.15) is 17.3 Å². The maximum atomic E-state index is 12.7. The molecule has 0 N–H and O–H groups in total. The average molecular weight is 397 g/mol. The van der Waals surface area contributed by atoms with Gasteiger partial charge in [0, 0.05) is 29.0 Å². The van der Waals surface area contributed by atoms with Gasteiger partial charge in [0.15, 0.2) is 0 Å². The van der Waals surface area contributed by atoms with Crippen molar-refractivity contribution in [3.63, 3.8) is 0 Å². The number of hydrogen-bond donors (Lipinski definition) is 0. The molecule has 0 saturated carbocycles. The largest absolute Gasteiger partial charge is 0.439 e. The normalized spacial score (nSPS) is 10.3. The Morgan fingerprint density at radius 1 is 1.08 bits per heavy atom. The van der Waals surface area contributed by atoms with Crippen LogP contribution in [-0.4, -0.2) is 17.4 Å². The molecule has 0 bridgehead atoms. The van der Waals surface area contributed by atoms with Crippen LogP contribution in [0, 0.1) is 0 Å². The molecule has 1 heterocycles. The number of hydrogen-bond acceptors (Lipinski definition) is 3. The van der Waals surface area contributed by atoms with Gasteiger partial charge in [-0.2, -0.15) is 0 Å². The molecule has 1 aromatic heterocycles. The molecule has 126 valence electrons. The second kappa shape index (κ2) is 7.94. The Balaban J connectivity index is 1.76. The lowest BCUT2D eigenvalue weighted by Gasteiger charge is -2.21. The summed E-state index contributed by atoms with van der Waals surface area (Å²) in [7, 11) is 0. The molecule has 4 nitrogen and oxygen atoms in total. The van der Waals surface area contributed by atoms with Gasteiger partial charge in [0.25, 0.3) is 5.91 Å². The Morgan fingerprint density at radius 3 is 2.52 bits per heavy atom. The highest BCUT2D eigenvalue weighted by Crippen LogP contribution is 2.23. The number of ether oxygens (including phenoxy) is 1. The van der Waals surface area contributed by atoms with Crippen molar-refractivity contribution < 1.29 is 9.53 Å². The lowest BCUT2D eigenvalue weighted by Crippen LogP contribution is -2.30. The van der Waals surface area contributed by atoms with Crippen LogP contribution in [0.25, 0.3) is 0 Å². The lowest BCUT2D eigenvalue weighted by molar-refractivity contribution is 0.0988. The standard InChI is InChI=1S/C20H17BrN2O2/c1-2-23(17-8-4-3-5-9-17)20(24)15-11-12-19(22-14-15)25-18-10-6-7-16(21)13-18/h3-14H,2H2,1H3. The number of anilines is 1. The Hall–Kier alpha value is -2.66. The first-order valence-corrected chi connectivity index (χ1v) is 8.73. The van der Waals surface area contributed by atoms with Gasteiger partial charge in [-0.25, -0.2) is 4.98 Å². The minimum absolute atomic E-state index is 0.0878. The van der Waals surface area contributed by atoms with Crippen LogP contribution in [0.4, 0.5) is 5.69 Å². The summed E-state index contributed by atoms with van der Waals surface area (Å²) in [5.41, 5.74) is 1.39. The van der Waals surface area contributed by atoms with Crippen LogP contribution in [-0.2, 0) is 0 Å². The quantitative estimate of drug-likeness (QED) is 0.587. The van der Waals surface area contributed by atoms with Gasteiger partial charge in [-0.15, -0.1) is 0 Å². The number of rotatable bonds is 5. The maximum Gasteiger partial charge on any atom is 0.259 e. The van der Waals surface area contributed by atoms with E-state index in [4.69, 9.17) is 4.74 Å². The van der Waals surface area contributed by atoms with E-state index in [1.54, 1.807) is 23.2 Å². The molecule has 0 atom stereocenters. The summed E-state index contributed by atoms with van der Waals surface area (Å²) >= 11 is 3.40. The van der Waals surface area contributed by atoms with E-state index in [1.807, 2.05) is 61.5 Å². The summed E-state index contributed by atoms with van der Waals surface area (Å²) in [5.74, 6) is 1.04. The van der Waals surface area contributed by atoms with E-state index in [9.17, 15) is 4.79 Å². The zero-order valence-electron chi connectivity index (χ0n) is 13.7. The smallest absolute Gasteiger partial charge is 0.259 e. The number of carbonyl (C=O) groups excluding carboxylic acids is 1. The Kier molecular flexibility index (Phi) is 5.46. The van der Waals surface area contributed by atoms with Crippen LogP contribution in [0.15, 0.2) is 77.4 Å². The van der Waals surface area contributed by atoms with Crippen LogP contribution >= 0.6 is 15.9 Å². The SMILES string of the molecule is CCN(C(=O)c1ccc(Oc2cccc(Br)c2)nc1)c1ccccc1. The molecule has 0 unspecified atom stereocenters. The van der Waals surface area contributed by atoms with Gasteiger partial charge in [0.2, 0.25) is 5.88 Å². The number of pyridine rings is 1. The van der Waals surface area contributed by atoms with Gasteiger partial charge in [-0.1, -0.05) is 40.2 Å². The first-order valence-electron chi connectivity index (χ1n) is 7.94. The third-order valence-corrected chi connectivity index (χ3v) is 4.12. The predicted molar refractivity (Wildman–Crippen MR) is 102 cm³/mol. The van der Waals surface area contributed by atoms with Gasteiger partial charge in [0.1, 0.15) is 5.75 Å². The summed E-state index contributed by atoms with van der Waals surface area (Å²) in [4.78, 5) is 18.7. The van der Waals surface area contributed by atoms with E-state index in [2.05, 4.69) is 20.9 Å². The fraction of sp³-hybridized carbons (Fsp3) is 0.100. The predicted octanol–water partition coefficient (Wildman–Crippen LogP) is 5.30. The topological polar surface area (TPSA) is 42.4 Å². The van der Waals surface area contributed by atoms with Gasteiger partial charge < -0.3 is 9.64 Å². The molecule has 0 aliphatic carbocycles. The fourth-order valence-corrected chi connectivity index (χ4v) is 2.80. The second-order valence-corrected chi connectivity index (χ2v) is 6.25. The summed E-state index contributed by atoms with van der Waals surface area (Å²) in [6.07, 6.45) is 1.54. The maximum absolute atomic E-state index is 12.7. The molecule has 0 aliphatic heterocycles. The van der Waals surface area contributed by atoms with Crippen LogP contribution in [0.5, 0.6) is 11.6 Å². The van der Waals surface area contributed by atoms with Crippen molar-refractivity contribution in [2.45, 2.75) is 6.92 Å². The molecule has 2 aromatic carbocycles. The van der Waals surface area contributed by atoms with Crippen molar-refractivity contribution >= 4 is 27.5 Å². The van der Waals surface area contributed by atoms with E-state index < -0.39 is 0 Å². The van der Waals surface area contributed by atoms with Crippen molar-refractivity contribution in [2.24, 2.45) is 0 Å². The summed E-state index contributed by atoms with van der Waals surface area (Å²) < 4.78 is 6.63. The van der Waals surface area contributed by atoms with E-state index in [0.29, 0.717) is 23.7 Å². The number of carbonyl (C=O) groups is 1. The highest BCUT2D eigenvalue weighted by molar-refractivity contribution is 9.10. The van der Waals surface area contributed by atoms with E-state index in [0.717, 1.165) is 10.2 Å². The molecule has 0 saturated heterocycles. The molecule has 0 fully saturated rings. The Labute approximate surface area is 155 Å². The number of benzene rings is 2. The molecule has 0 spiro atoms. The average Bonchev–Trinajstić information content (AvgIpc) is 2.64. The minimum atomic E-state index is -0.0878. The van der Waals surface area contributed by atoms with Crippen molar-refractivity contribution in [3.8, 4) is 11.6 Å². The zero-order valence-corrected chi connectivity index (χ0v) is 15.3. The molecule has 0 aliphatic rings. The Morgan fingerprint density at radius 2 is 1.88 bits per heavy atom. The third kappa shape index (κ3) is 4.25.